The van der Waals surface area contributed by atoms with Gasteiger partial charge in [-0.1, -0.05) is 0 Å². The zero-order valence-corrected chi connectivity index (χ0v) is 9.09. The van der Waals surface area contributed by atoms with E-state index in [1.165, 1.54) is 0 Å². The third kappa shape index (κ3) is 2.79. The maximum absolute atomic E-state index is 9.99. The van der Waals surface area contributed by atoms with Crippen molar-refractivity contribution in [2.75, 3.05) is 13.2 Å². The van der Waals surface area contributed by atoms with Crippen molar-refractivity contribution in [3.63, 3.8) is 0 Å². The van der Waals surface area contributed by atoms with Gasteiger partial charge in [0, 0.05) is 32.0 Å². The highest BCUT2D eigenvalue weighted by molar-refractivity contribution is 5.07. The minimum absolute atomic E-state index is 0.373. The zero-order valence-electron chi connectivity index (χ0n) is 9.09. The predicted molar refractivity (Wildman–Crippen MR) is 56.3 cm³/mol. The van der Waals surface area contributed by atoms with Gasteiger partial charge in [-0.2, -0.15) is 5.10 Å². The van der Waals surface area contributed by atoms with Crippen LogP contribution in [0, 0.1) is 5.92 Å². The summed E-state index contributed by atoms with van der Waals surface area (Å²) in [6.07, 6.45) is 6.21. The first kappa shape index (κ1) is 10.6. The summed E-state index contributed by atoms with van der Waals surface area (Å²) in [5.74, 6) is 0.592. The van der Waals surface area contributed by atoms with Crippen LogP contribution in [0.1, 0.15) is 30.9 Å². The Balaban J connectivity index is 1.88. The molecule has 1 aliphatic heterocycles. The van der Waals surface area contributed by atoms with Gasteiger partial charge in [-0.05, 0) is 25.2 Å². The first-order chi connectivity index (χ1) is 7.25. The fourth-order valence-electron chi connectivity index (χ4n) is 2.05. The Morgan fingerprint density at radius 1 is 1.60 bits per heavy atom. The normalized spacial score (nSPS) is 20.4. The molecule has 0 amide bonds. The Morgan fingerprint density at radius 2 is 2.33 bits per heavy atom. The SMILES string of the molecule is Cn1cc(C(O)CC2CCOCC2)cn1. The third-order valence-electron chi connectivity index (χ3n) is 3.01. The van der Waals surface area contributed by atoms with Crippen molar-refractivity contribution in [3.05, 3.63) is 18.0 Å². The monoisotopic (exact) mass is 210 g/mol. The number of rotatable bonds is 3. The van der Waals surface area contributed by atoms with Crippen molar-refractivity contribution in [3.8, 4) is 0 Å². The van der Waals surface area contributed by atoms with Crippen molar-refractivity contribution in [2.24, 2.45) is 13.0 Å². The van der Waals surface area contributed by atoms with E-state index in [1.54, 1.807) is 10.9 Å². The smallest absolute Gasteiger partial charge is 0.0823 e. The zero-order chi connectivity index (χ0) is 10.7. The summed E-state index contributed by atoms with van der Waals surface area (Å²) in [6, 6.07) is 0. The molecule has 1 aliphatic rings. The van der Waals surface area contributed by atoms with Crippen LogP contribution in [0.15, 0.2) is 12.4 Å². The highest BCUT2D eigenvalue weighted by Crippen LogP contribution is 2.26. The second-order valence-corrected chi connectivity index (χ2v) is 4.25. The van der Waals surface area contributed by atoms with Gasteiger partial charge in [0.2, 0.25) is 0 Å². The molecule has 4 heteroatoms. The van der Waals surface area contributed by atoms with Crippen molar-refractivity contribution < 1.29 is 9.84 Å². The fourth-order valence-corrected chi connectivity index (χ4v) is 2.05. The van der Waals surface area contributed by atoms with E-state index in [0.29, 0.717) is 5.92 Å². The van der Waals surface area contributed by atoms with Crippen LogP contribution in [0.2, 0.25) is 0 Å². The van der Waals surface area contributed by atoms with Crippen LogP contribution in [0.5, 0.6) is 0 Å². The summed E-state index contributed by atoms with van der Waals surface area (Å²) in [4.78, 5) is 0. The molecule has 1 atom stereocenters. The van der Waals surface area contributed by atoms with Crippen LogP contribution in [0.4, 0.5) is 0 Å². The van der Waals surface area contributed by atoms with Crippen molar-refractivity contribution in [2.45, 2.75) is 25.4 Å². The number of hydrogen-bond acceptors (Lipinski definition) is 3. The maximum atomic E-state index is 9.99. The number of aliphatic hydroxyl groups is 1. The molecule has 1 fully saturated rings. The number of hydrogen-bond donors (Lipinski definition) is 1. The Kier molecular flexibility index (Phi) is 3.38. The van der Waals surface area contributed by atoms with E-state index in [9.17, 15) is 5.11 Å². The van der Waals surface area contributed by atoms with Crippen LogP contribution in [0.3, 0.4) is 0 Å². The van der Waals surface area contributed by atoms with Crippen molar-refractivity contribution in [1.82, 2.24) is 9.78 Å². The Hall–Kier alpha value is -0.870. The molecule has 84 valence electrons. The summed E-state index contributed by atoms with van der Waals surface area (Å²) < 4.78 is 7.02. The summed E-state index contributed by atoms with van der Waals surface area (Å²) >= 11 is 0. The van der Waals surface area contributed by atoms with E-state index in [2.05, 4.69) is 5.10 Å². The first-order valence-electron chi connectivity index (χ1n) is 5.50. The van der Waals surface area contributed by atoms with Crippen LogP contribution < -0.4 is 0 Å². The summed E-state index contributed by atoms with van der Waals surface area (Å²) in [7, 11) is 1.87. The van der Waals surface area contributed by atoms with E-state index in [-0.39, 0.29) is 6.10 Å². The largest absolute Gasteiger partial charge is 0.388 e. The van der Waals surface area contributed by atoms with Crippen molar-refractivity contribution >= 4 is 0 Å². The number of aliphatic hydroxyl groups excluding tert-OH is 1. The van der Waals surface area contributed by atoms with Gasteiger partial charge in [0.15, 0.2) is 0 Å². The lowest BCUT2D eigenvalue weighted by Gasteiger charge is -2.23. The summed E-state index contributed by atoms with van der Waals surface area (Å²) in [6.45, 7) is 1.68. The standard InChI is InChI=1S/C11H18N2O2/c1-13-8-10(7-12-13)11(14)6-9-2-4-15-5-3-9/h7-9,11,14H,2-6H2,1H3. The fraction of sp³-hybridized carbons (Fsp3) is 0.727. The summed E-state index contributed by atoms with van der Waals surface area (Å²) in [5, 5.41) is 14.1. The predicted octanol–water partition coefficient (Wildman–Crippen LogP) is 1.27. The Morgan fingerprint density at radius 3 is 2.93 bits per heavy atom. The lowest BCUT2D eigenvalue weighted by Crippen LogP contribution is -2.17. The van der Waals surface area contributed by atoms with Gasteiger partial charge in [-0.15, -0.1) is 0 Å². The topological polar surface area (TPSA) is 47.3 Å². The van der Waals surface area contributed by atoms with Crippen LogP contribution in [-0.2, 0) is 11.8 Å². The number of aromatic nitrogens is 2. The minimum Gasteiger partial charge on any atom is -0.388 e. The van der Waals surface area contributed by atoms with E-state index < -0.39 is 0 Å². The van der Waals surface area contributed by atoms with Gasteiger partial charge >= 0.3 is 0 Å². The molecule has 1 unspecified atom stereocenters. The van der Waals surface area contributed by atoms with Gasteiger partial charge in [0.05, 0.1) is 12.3 Å². The van der Waals surface area contributed by atoms with Crippen LogP contribution in [-0.4, -0.2) is 28.1 Å². The molecule has 0 saturated carbocycles. The molecular weight excluding hydrogens is 192 g/mol. The first-order valence-corrected chi connectivity index (χ1v) is 5.50. The van der Waals surface area contributed by atoms with Gasteiger partial charge in [-0.3, -0.25) is 4.68 Å². The maximum Gasteiger partial charge on any atom is 0.0823 e. The molecule has 1 aromatic heterocycles. The quantitative estimate of drug-likeness (QED) is 0.817. The van der Waals surface area contributed by atoms with Crippen LogP contribution in [0.25, 0.3) is 0 Å². The van der Waals surface area contributed by atoms with Crippen LogP contribution >= 0.6 is 0 Å². The molecule has 0 aliphatic carbocycles. The molecule has 1 N–H and O–H groups in total. The van der Waals surface area contributed by atoms with E-state index in [4.69, 9.17) is 4.74 Å². The molecule has 0 bridgehead atoms. The van der Waals surface area contributed by atoms with E-state index in [1.807, 2.05) is 13.2 Å². The average molecular weight is 210 g/mol. The number of nitrogens with zero attached hydrogens (tertiary/aromatic N) is 2. The number of aryl methyl sites for hydroxylation is 1. The second kappa shape index (κ2) is 4.77. The molecule has 0 aromatic carbocycles. The molecule has 1 aromatic rings. The molecule has 15 heavy (non-hydrogen) atoms. The average Bonchev–Trinajstić information content (AvgIpc) is 2.66. The molecule has 4 nitrogen and oxygen atoms in total. The molecular formula is C11H18N2O2. The summed E-state index contributed by atoms with van der Waals surface area (Å²) in [5.41, 5.74) is 0.920. The lowest BCUT2D eigenvalue weighted by molar-refractivity contribution is 0.0435. The van der Waals surface area contributed by atoms with Gasteiger partial charge < -0.3 is 9.84 Å². The second-order valence-electron chi connectivity index (χ2n) is 4.25. The highest BCUT2D eigenvalue weighted by atomic mass is 16.5. The third-order valence-corrected chi connectivity index (χ3v) is 3.01. The highest BCUT2D eigenvalue weighted by Gasteiger charge is 2.19. The molecule has 2 rings (SSSR count). The number of ether oxygens (including phenoxy) is 1. The van der Waals surface area contributed by atoms with E-state index >= 15 is 0 Å². The van der Waals surface area contributed by atoms with Crippen molar-refractivity contribution in [1.29, 1.82) is 0 Å². The van der Waals surface area contributed by atoms with E-state index in [0.717, 1.165) is 38.0 Å². The van der Waals surface area contributed by atoms with Gasteiger partial charge in [-0.25, -0.2) is 0 Å². The molecule has 1 saturated heterocycles. The van der Waals surface area contributed by atoms with Gasteiger partial charge in [0.25, 0.3) is 0 Å². The molecule has 0 spiro atoms. The van der Waals surface area contributed by atoms with Gasteiger partial charge in [0.1, 0.15) is 0 Å². The molecule has 2 heterocycles. The Labute approximate surface area is 89.9 Å². The minimum atomic E-state index is -0.373. The lowest BCUT2D eigenvalue weighted by atomic mass is 9.92. The Bertz CT molecular complexity index is 305. The molecule has 0 radical (unpaired) electrons.